The molecule has 0 unspecified atom stereocenters. The van der Waals surface area contributed by atoms with E-state index in [-0.39, 0.29) is 11.9 Å². The zero-order valence-electron chi connectivity index (χ0n) is 9.33. The van der Waals surface area contributed by atoms with E-state index in [1.165, 1.54) is 0 Å². The molecule has 0 aromatic carbocycles. The van der Waals surface area contributed by atoms with E-state index in [2.05, 4.69) is 20.6 Å². The monoisotopic (exact) mass is 222 g/mol. The topological polar surface area (TPSA) is 69.8 Å². The molecular formula is C11H18N4O. The number of aryl methyl sites for hydroxylation is 1. The summed E-state index contributed by atoms with van der Waals surface area (Å²) in [5.41, 5.74) is 0. The molecule has 1 amide bonds. The third-order valence-corrected chi connectivity index (χ3v) is 2.82. The van der Waals surface area contributed by atoms with Crippen LogP contribution >= 0.6 is 0 Å². The second-order valence-electron chi connectivity index (χ2n) is 4.08. The van der Waals surface area contributed by atoms with Crippen LogP contribution in [0.5, 0.6) is 0 Å². The summed E-state index contributed by atoms with van der Waals surface area (Å²) in [6, 6.07) is 0.0311. The Morgan fingerprint density at radius 1 is 1.62 bits per heavy atom. The Morgan fingerprint density at radius 2 is 2.56 bits per heavy atom. The molecule has 2 heterocycles. The highest BCUT2D eigenvalue weighted by atomic mass is 16.2. The van der Waals surface area contributed by atoms with Crippen LogP contribution in [-0.4, -0.2) is 35.0 Å². The van der Waals surface area contributed by atoms with Crippen LogP contribution in [0.3, 0.4) is 0 Å². The van der Waals surface area contributed by atoms with Gasteiger partial charge in [-0.25, -0.2) is 4.98 Å². The van der Waals surface area contributed by atoms with Gasteiger partial charge < -0.3 is 15.6 Å². The predicted octanol–water partition coefficient (Wildman–Crippen LogP) is 0.210. The molecule has 1 aromatic heterocycles. The Bertz CT molecular complexity index is 317. The number of aromatic nitrogens is 2. The molecule has 1 aliphatic heterocycles. The molecule has 5 heteroatoms. The van der Waals surface area contributed by atoms with Crippen LogP contribution in [0.15, 0.2) is 12.4 Å². The lowest BCUT2D eigenvalue weighted by atomic mass is 10.2. The average Bonchev–Trinajstić information content (AvgIpc) is 2.96. The van der Waals surface area contributed by atoms with E-state index < -0.39 is 0 Å². The lowest BCUT2D eigenvalue weighted by molar-refractivity contribution is -0.122. The lowest BCUT2D eigenvalue weighted by Gasteiger charge is -2.10. The fraction of sp³-hybridized carbons (Fsp3) is 0.636. The molecule has 0 spiro atoms. The third kappa shape index (κ3) is 3.06. The summed E-state index contributed by atoms with van der Waals surface area (Å²) in [4.78, 5) is 18.8. The van der Waals surface area contributed by atoms with Crippen LogP contribution in [0, 0.1) is 0 Å². The van der Waals surface area contributed by atoms with E-state index >= 15 is 0 Å². The fourth-order valence-corrected chi connectivity index (χ4v) is 1.93. The Labute approximate surface area is 95.0 Å². The third-order valence-electron chi connectivity index (χ3n) is 2.82. The predicted molar refractivity (Wildman–Crippen MR) is 60.9 cm³/mol. The second kappa shape index (κ2) is 5.65. The molecule has 88 valence electrons. The lowest BCUT2D eigenvalue weighted by Crippen LogP contribution is -2.40. The summed E-state index contributed by atoms with van der Waals surface area (Å²) in [5, 5.41) is 6.12. The minimum atomic E-state index is 0.0311. The highest BCUT2D eigenvalue weighted by molar-refractivity contribution is 5.81. The van der Waals surface area contributed by atoms with E-state index in [0.717, 1.165) is 44.6 Å². The van der Waals surface area contributed by atoms with Gasteiger partial charge in [0, 0.05) is 25.4 Å². The molecule has 5 nitrogen and oxygen atoms in total. The number of nitrogens with one attached hydrogen (secondary N) is 3. The van der Waals surface area contributed by atoms with E-state index in [1.54, 1.807) is 6.20 Å². The number of hydrogen-bond donors (Lipinski definition) is 3. The van der Waals surface area contributed by atoms with Gasteiger partial charge in [0.25, 0.3) is 0 Å². The van der Waals surface area contributed by atoms with E-state index in [4.69, 9.17) is 0 Å². The highest BCUT2D eigenvalue weighted by Crippen LogP contribution is 2.04. The van der Waals surface area contributed by atoms with Crippen LogP contribution in [-0.2, 0) is 11.2 Å². The summed E-state index contributed by atoms with van der Waals surface area (Å²) in [6.07, 6.45) is 7.43. The van der Waals surface area contributed by atoms with Gasteiger partial charge >= 0.3 is 0 Å². The van der Waals surface area contributed by atoms with E-state index in [0.29, 0.717) is 0 Å². The summed E-state index contributed by atoms with van der Waals surface area (Å²) in [7, 11) is 0. The zero-order chi connectivity index (χ0) is 11.2. The molecule has 2 rings (SSSR count). The van der Waals surface area contributed by atoms with Crippen molar-refractivity contribution >= 4 is 5.91 Å². The molecule has 0 radical (unpaired) electrons. The summed E-state index contributed by atoms with van der Waals surface area (Å²) in [6.45, 7) is 1.68. The molecule has 0 aliphatic carbocycles. The summed E-state index contributed by atoms with van der Waals surface area (Å²) in [5.74, 6) is 1.12. The number of amides is 1. The maximum absolute atomic E-state index is 11.6. The second-order valence-corrected chi connectivity index (χ2v) is 4.08. The van der Waals surface area contributed by atoms with Crippen molar-refractivity contribution in [1.29, 1.82) is 0 Å². The van der Waals surface area contributed by atoms with Gasteiger partial charge in [-0.1, -0.05) is 0 Å². The van der Waals surface area contributed by atoms with Crippen molar-refractivity contribution < 1.29 is 4.79 Å². The molecule has 1 aliphatic rings. The number of nitrogens with zero attached hydrogens (tertiary/aromatic N) is 1. The molecule has 1 atom stereocenters. The summed E-state index contributed by atoms with van der Waals surface area (Å²) < 4.78 is 0. The van der Waals surface area contributed by atoms with Crippen LogP contribution in [0.2, 0.25) is 0 Å². The first kappa shape index (κ1) is 11.1. The van der Waals surface area contributed by atoms with Crippen molar-refractivity contribution in [2.75, 3.05) is 13.1 Å². The van der Waals surface area contributed by atoms with Crippen molar-refractivity contribution in [3.8, 4) is 0 Å². The van der Waals surface area contributed by atoms with Gasteiger partial charge in [0.2, 0.25) is 5.91 Å². The average molecular weight is 222 g/mol. The number of rotatable bonds is 5. The fourth-order valence-electron chi connectivity index (χ4n) is 1.93. The maximum Gasteiger partial charge on any atom is 0.237 e. The molecular weight excluding hydrogens is 204 g/mol. The minimum absolute atomic E-state index is 0.0311. The first-order chi connectivity index (χ1) is 7.86. The van der Waals surface area contributed by atoms with Gasteiger partial charge in [-0.2, -0.15) is 0 Å². The quantitative estimate of drug-likeness (QED) is 0.624. The molecule has 3 N–H and O–H groups in total. The number of H-pyrrole nitrogens is 1. The number of aromatic amines is 1. The van der Waals surface area contributed by atoms with Gasteiger partial charge in [-0.15, -0.1) is 0 Å². The molecule has 1 fully saturated rings. The van der Waals surface area contributed by atoms with E-state index in [9.17, 15) is 4.79 Å². The normalized spacial score (nSPS) is 19.9. The Balaban J connectivity index is 1.59. The molecule has 1 aromatic rings. The molecule has 16 heavy (non-hydrogen) atoms. The Hall–Kier alpha value is -1.36. The highest BCUT2D eigenvalue weighted by Gasteiger charge is 2.20. The summed E-state index contributed by atoms with van der Waals surface area (Å²) >= 11 is 0. The number of hydrogen-bond acceptors (Lipinski definition) is 3. The smallest absolute Gasteiger partial charge is 0.237 e. The molecule has 0 bridgehead atoms. The van der Waals surface area contributed by atoms with Crippen molar-refractivity contribution in [2.24, 2.45) is 0 Å². The standard InChI is InChI=1S/C11H18N4O/c16-11(9-3-1-5-12-9)15-6-2-4-10-13-7-8-14-10/h7-9,12H,1-6H2,(H,13,14)(H,15,16)/t9-/m1/s1. The van der Waals surface area contributed by atoms with Crippen LogP contribution in [0.4, 0.5) is 0 Å². The Morgan fingerprint density at radius 3 is 3.25 bits per heavy atom. The maximum atomic E-state index is 11.6. The van der Waals surface area contributed by atoms with Gasteiger partial charge in [0.1, 0.15) is 5.82 Å². The van der Waals surface area contributed by atoms with Gasteiger partial charge in [-0.3, -0.25) is 4.79 Å². The van der Waals surface area contributed by atoms with E-state index in [1.807, 2.05) is 6.20 Å². The van der Waals surface area contributed by atoms with Gasteiger partial charge in [0.05, 0.1) is 6.04 Å². The van der Waals surface area contributed by atoms with Crippen LogP contribution < -0.4 is 10.6 Å². The number of carbonyl (C=O) groups is 1. The Kier molecular flexibility index (Phi) is 3.93. The van der Waals surface area contributed by atoms with Crippen molar-refractivity contribution in [3.05, 3.63) is 18.2 Å². The first-order valence-corrected chi connectivity index (χ1v) is 5.85. The largest absolute Gasteiger partial charge is 0.355 e. The SMILES string of the molecule is O=C(NCCCc1ncc[nH]1)[C@H]1CCCN1. The number of carbonyl (C=O) groups excluding carboxylic acids is 1. The first-order valence-electron chi connectivity index (χ1n) is 5.85. The van der Waals surface area contributed by atoms with Crippen molar-refractivity contribution in [3.63, 3.8) is 0 Å². The molecule has 1 saturated heterocycles. The van der Waals surface area contributed by atoms with Gasteiger partial charge in [0.15, 0.2) is 0 Å². The van der Waals surface area contributed by atoms with Gasteiger partial charge in [-0.05, 0) is 25.8 Å². The van der Waals surface area contributed by atoms with Crippen molar-refractivity contribution in [2.45, 2.75) is 31.7 Å². The van der Waals surface area contributed by atoms with Crippen LogP contribution in [0.25, 0.3) is 0 Å². The number of imidazole rings is 1. The zero-order valence-corrected chi connectivity index (χ0v) is 9.33. The minimum Gasteiger partial charge on any atom is -0.355 e. The van der Waals surface area contributed by atoms with Crippen molar-refractivity contribution in [1.82, 2.24) is 20.6 Å². The van der Waals surface area contributed by atoms with Crippen LogP contribution in [0.1, 0.15) is 25.1 Å². The molecule has 0 saturated carbocycles.